The van der Waals surface area contributed by atoms with Crippen molar-refractivity contribution in [1.29, 1.82) is 0 Å². The van der Waals surface area contributed by atoms with Gasteiger partial charge in [0.25, 0.3) is 0 Å². The smallest absolute Gasteiger partial charge is 0.462 e. The molecule has 0 aliphatic heterocycles. The van der Waals surface area contributed by atoms with E-state index in [0.717, 1.165) is 83.5 Å². The van der Waals surface area contributed by atoms with Gasteiger partial charge < -0.3 is 34.2 Å². The number of hydrogen-bond acceptors (Lipinski definition) is 10. The average molecular weight is 911 g/mol. The van der Waals surface area contributed by atoms with E-state index >= 15 is 0 Å². The van der Waals surface area contributed by atoms with Crippen LogP contribution in [0.3, 0.4) is 0 Å². The molecule has 0 aromatic carbocycles. The third-order valence-corrected chi connectivity index (χ3v) is 12.1. The number of rotatable bonds is 39. The molecule has 364 valence electrons. The van der Waals surface area contributed by atoms with Gasteiger partial charge in [0.05, 0.1) is 46.1 Å². The molecule has 0 radical (unpaired) electrons. The van der Waals surface area contributed by atoms with E-state index in [1.165, 1.54) is 25.7 Å². The van der Waals surface area contributed by atoms with Gasteiger partial charge in [-0.15, -0.1) is 0 Å². The van der Waals surface area contributed by atoms with E-state index in [2.05, 4.69) is 62.5 Å². The Labute approximate surface area is 382 Å². The molecule has 0 bridgehead atoms. The maximum atomic E-state index is 12.9. The van der Waals surface area contributed by atoms with E-state index in [1.807, 2.05) is 27.2 Å². The summed E-state index contributed by atoms with van der Waals surface area (Å²) in [7, 11) is 1.32. The molecule has 0 amide bonds. The van der Waals surface area contributed by atoms with Crippen molar-refractivity contribution in [2.24, 2.45) is 11.8 Å². The molecule has 1 rings (SSSR count). The quantitative estimate of drug-likeness (QED) is 0.0152. The first-order valence-electron chi connectivity index (χ1n) is 24.3. The van der Waals surface area contributed by atoms with E-state index in [-0.39, 0.29) is 37.9 Å². The number of carbonyl (C=O) groups is 2. The zero-order chi connectivity index (χ0) is 46.6. The van der Waals surface area contributed by atoms with Gasteiger partial charge in [-0.05, 0) is 76.5 Å². The zero-order valence-electron chi connectivity index (χ0n) is 39.9. The molecule has 0 aromatic rings. The highest BCUT2D eigenvalue weighted by molar-refractivity contribution is 7.47. The minimum absolute atomic E-state index is 0.0149. The minimum Gasteiger partial charge on any atom is -0.462 e. The Bertz CT molecular complexity index is 1370. The van der Waals surface area contributed by atoms with Crippen molar-refractivity contribution in [1.82, 2.24) is 0 Å². The average Bonchev–Trinajstić information content (AvgIpc) is 3.50. The number of allylic oxidation sites excluding steroid dienone is 8. The first-order valence-corrected chi connectivity index (χ1v) is 25.8. The lowest BCUT2D eigenvalue weighted by Crippen LogP contribution is -2.37. The molecule has 4 N–H and O–H groups in total. The maximum absolute atomic E-state index is 12.9. The van der Waals surface area contributed by atoms with Crippen LogP contribution < -0.4 is 0 Å². The van der Waals surface area contributed by atoms with E-state index in [4.69, 9.17) is 18.5 Å². The number of phosphoric acid groups is 1. The van der Waals surface area contributed by atoms with Crippen LogP contribution in [0.2, 0.25) is 0 Å². The molecule has 1 saturated carbocycles. The third-order valence-electron chi connectivity index (χ3n) is 11.1. The summed E-state index contributed by atoms with van der Waals surface area (Å²) in [6, 6.07) is 0. The molecule has 7 atom stereocenters. The van der Waals surface area contributed by atoms with Crippen LogP contribution in [0.4, 0.5) is 0 Å². The Morgan fingerprint density at radius 1 is 0.698 bits per heavy atom. The van der Waals surface area contributed by atoms with E-state index in [1.54, 1.807) is 6.08 Å². The molecule has 0 heterocycles. The second kappa shape index (κ2) is 36.8. The van der Waals surface area contributed by atoms with Crippen molar-refractivity contribution in [3.05, 3.63) is 60.8 Å². The lowest BCUT2D eigenvalue weighted by atomic mass is 9.88. The number of phosphoric ester groups is 1. The highest BCUT2D eigenvalue weighted by atomic mass is 31.2. The lowest BCUT2D eigenvalue weighted by molar-refractivity contribution is -0.870. The Hall–Kier alpha value is -2.41. The summed E-state index contributed by atoms with van der Waals surface area (Å²) < 4.78 is 34.3. The molecule has 1 unspecified atom stereocenters. The fourth-order valence-corrected chi connectivity index (χ4v) is 8.01. The first kappa shape index (κ1) is 58.6. The third kappa shape index (κ3) is 33.7. The van der Waals surface area contributed by atoms with E-state index < -0.39 is 50.8 Å². The van der Waals surface area contributed by atoms with Gasteiger partial charge in [-0.2, -0.15) is 0 Å². The highest BCUT2D eigenvalue weighted by Gasteiger charge is 2.39. The topological polar surface area (TPSA) is 169 Å². The number of likely N-dealkylation sites (N-methyl/N-ethyl adjacent to an activating group) is 1. The number of aliphatic hydroxyl groups is 3. The standard InChI is InChI=1S/C50H88NO11P/c1-6-8-10-11-12-13-14-15-16-17-18-19-20-21-22-23-24-25-30-34-49(55)59-41-44(42-61-63(57,58)60-39-38-51(3,4)5)62-50(56)35-31-27-26-29-33-45-46(48(54)40-47(45)53)37-36-43(52)32-28-9-7-2/h12-13,15-16,18-19,21-22,36-37,43-48,52-54H,6-11,14,17,20,23-35,38-42H2,1-5H3/p+1/b13-12-,16-15-,19-18-,22-21-,37-36+/t43-,44+,45+,46+,47-,48+/m0/s1. The van der Waals surface area contributed by atoms with Crippen molar-refractivity contribution in [2.75, 3.05) is 47.5 Å². The number of carbonyl (C=O) groups excluding carboxylic acids is 2. The molecular formula is C50H89NO11P+. The predicted octanol–water partition coefficient (Wildman–Crippen LogP) is 10.4. The SMILES string of the molecule is CCCCC/C=C\C/C=C\C/C=C\C/C=C\CCCCCC(=O)OC[C@H](COP(=O)(O)OCC[N+](C)(C)C)OC(=O)CCCCCC[C@@H]1[C@@H](/C=C/[C@@H](O)CCCCC)[C@H](O)C[C@@H]1O. The monoisotopic (exact) mass is 911 g/mol. The zero-order valence-corrected chi connectivity index (χ0v) is 40.8. The number of hydrogen-bond donors (Lipinski definition) is 4. The van der Waals surface area contributed by atoms with Crippen LogP contribution in [0.5, 0.6) is 0 Å². The number of quaternary nitrogens is 1. The number of esters is 2. The fourth-order valence-electron chi connectivity index (χ4n) is 7.27. The Balaban J connectivity index is 2.46. The molecule has 1 aliphatic rings. The lowest BCUT2D eigenvalue weighted by Gasteiger charge is -2.24. The van der Waals surface area contributed by atoms with Gasteiger partial charge in [-0.1, -0.05) is 132 Å². The van der Waals surface area contributed by atoms with Crippen LogP contribution in [-0.4, -0.2) is 109 Å². The van der Waals surface area contributed by atoms with Crippen LogP contribution in [0.15, 0.2) is 60.8 Å². The van der Waals surface area contributed by atoms with Gasteiger partial charge in [0.15, 0.2) is 6.10 Å². The summed E-state index contributed by atoms with van der Waals surface area (Å²) in [6.07, 6.45) is 37.6. The number of nitrogens with zero attached hydrogens (tertiary/aromatic N) is 1. The van der Waals surface area contributed by atoms with Gasteiger partial charge >= 0.3 is 19.8 Å². The summed E-state index contributed by atoms with van der Waals surface area (Å²) in [4.78, 5) is 35.7. The van der Waals surface area contributed by atoms with Crippen molar-refractivity contribution in [3.8, 4) is 0 Å². The van der Waals surface area contributed by atoms with Gasteiger partial charge in [0.1, 0.15) is 19.8 Å². The summed E-state index contributed by atoms with van der Waals surface area (Å²) in [5.74, 6) is -1.28. The first-order chi connectivity index (χ1) is 30.2. The van der Waals surface area contributed by atoms with Crippen LogP contribution >= 0.6 is 7.82 Å². The Morgan fingerprint density at radius 3 is 1.87 bits per heavy atom. The minimum atomic E-state index is -4.45. The number of aliphatic hydroxyl groups excluding tert-OH is 3. The molecule has 63 heavy (non-hydrogen) atoms. The summed E-state index contributed by atoms with van der Waals surface area (Å²) >= 11 is 0. The molecule has 1 fully saturated rings. The van der Waals surface area contributed by atoms with Crippen molar-refractivity contribution in [2.45, 2.75) is 186 Å². The molecule has 0 spiro atoms. The number of unbranched alkanes of at least 4 members (excludes halogenated alkanes) is 11. The highest BCUT2D eigenvalue weighted by Crippen LogP contribution is 2.43. The van der Waals surface area contributed by atoms with E-state index in [0.29, 0.717) is 36.7 Å². The van der Waals surface area contributed by atoms with Gasteiger partial charge in [-0.25, -0.2) is 4.57 Å². The summed E-state index contributed by atoms with van der Waals surface area (Å²) in [6.45, 7) is 4.00. The van der Waals surface area contributed by atoms with Crippen LogP contribution in [0.1, 0.15) is 162 Å². The van der Waals surface area contributed by atoms with Crippen LogP contribution in [-0.2, 0) is 32.7 Å². The normalized spacial score (nSPS) is 20.5. The second-order valence-corrected chi connectivity index (χ2v) is 19.6. The summed E-state index contributed by atoms with van der Waals surface area (Å²) in [5.41, 5.74) is 0. The van der Waals surface area contributed by atoms with Crippen LogP contribution in [0, 0.1) is 11.8 Å². The van der Waals surface area contributed by atoms with Crippen molar-refractivity contribution in [3.63, 3.8) is 0 Å². The molecule has 13 heteroatoms. The van der Waals surface area contributed by atoms with Crippen molar-refractivity contribution >= 4 is 19.8 Å². The molecule has 0 saturated heterocycles. The van der Waals surface area contributed by atoms with Gasteiger partial charge in [0, 0.05) is 25.2 Å². The molecule has 1 aliphatic carbocycles. The predicted molar refractivity (Wildman–Crippen MR) is 254 cm³/mol. The number of ether oxygens (including phenoxy) is 2. The Morgan fingerprint density at radius 2 is 1.25 bits per heavy atom. The van der Waals surface area contributed by atoms with E-state index in [9.17, 15) is 34.4 Å². The second-order valence-electron chi connectivity index (χ2n) is 18.1. The summed E-state index contributed by atoms with van der Waals surface area (Å²) in [5, 5.41) is 31.5. The van der Waals surface area contributed by atoms with Crippen LogP contribution in [0.25, 0.3) is 0 Å². The van der Waals surface area contributed by atoms with Crippen molar-refractivity contribution < 1.29 is 57.4 Å². The molecule has 0 aromatic heterocycles. The Kier molecular flexibility index (Phi) is 34.2. The van der Waals surface area contributed by atoms with Gasteiger partial charge in [0.2, 0.25) is 0 Å². The fraction of sp³-hybridized carbons (Fsp3) is 0.760. The molecular weight excluding hydrogens is 822 g/mol. The largest absolute Gasteiger partial charge is 0.472 e. The molecule has 12 nitrogen and oxygen atoms in total. The van der Waals surface area contributed by atoms with Gasteiger partial charge in [-0.3, -0.25) is 18.6 Å². The maximum Gasteiger partial charge on any atom is 0.472 e.